The van der Waals surface area contributed by atoms with Gasteiger partial charge in [0.1, 0.15) is 0 Å². The van der Waals surface area contributed by atoms with Crippen LogP contribution in [0.25, 0.3) is 0 Å². The van der Waals surface area contributed by atoms with Crippen LogP contribution in [-0.4, -0.2) is 70.8 Å². The number of carbonyl (C=O) groups is 2. The van der Waals surface area contributed by atoms with Crippen molar-refractivity contribution in [2.45, 2.75) is 32.0 Å². The molecular formula is C18H26N6O4S2. The number of hydrogen-bond donors (Lipinski definition) is 1. The van der Waals surface area contributed by atoms with Crippen LogP contribution in [0, 0.1) is 5.92 Å². The summed E-state index contributed by atoms with van der Waals surface area (Å²) < 4.78 is 12.1. The van der Waals surface area contributed by atoms with Crippen molar-refractivity contribution < 1.29 is 19.1 Å². The third kappa shape index (κ3) is 6.16. The lowest BCUT2D eigenvalue weighted by Crippen LogP contribution is -2.38. The predicted molar refractivity (Wildman–Crippen MR) is 115 cm³/mol. The fraction of sp³-hybridized carbons (Fsp3) is 0.611. The second-order valence-corrected chi connectivity index (χ2v) is 8.92. The number of nitrogens with zero attached hydrogens (tertiary/aromatic N) is 5. The van der Waals surface area contributed by atoms with Crippen LogP contribution >= 0.6 is 23.1 Å². The minimum Gasteiger partial charge on any atom is -0.469 e. The van der Waals surface area contributed by atoms with Gasteiger partial charge < -0.3 is 19.7 Å². The van der Waals surface area contributed by atoms with Gasteiger partial charge in [0.15, 0.2) is 10.3 Å². The highest BCUT2D eigenvalue weighted by Crippen LogP contribution is 2.24. The summed E-state index contributed by atoms with van der Waals surface area (Å²) in [5.41, 5.74) is 0.571. The summed E-state index contributed by atoms with van der Waals surface area (Å²) in [7, 11) is 1.33. The molecule has 0 saturated carbocycles. The highest BCUT2D eigenvalue weighted by Gasteiger charge is 2.22. The van der Waals surface area contributed by atoms with Crippen molar-refractivity contribution in [1.82, 2.24) is 19.7 Å². The van der Waals surface area contributed by atoms with Gasteiger partial charge in [0.25, 0.3) is 0 Å². The first-order valence-corrected chi connectivity index (χ1v) is 11.5. The van der Waals surface area contributed by atoms with Gasteiger partial charge in [-0.05, 0) is 5.92 Å². The van der Waals surface area contributed by atoms with Crippen molar-refractivity contribution in [1.29, 1.82) is 0 Å². The van der Waals surface area contributed by atoms with E-state index in [4.69, 9.17) is 4.74 Å². The van der Waals surface area contributed by atoms with Crippen LogP contribution in [0.1, 0.15) is 19.5 Å². The number of morpholine rings is 1. The molecule has 0 bridgehead atoms. The largest absolute Gasteiger partial charge is 0.469 e. The predicted octanol–water partition coefficient (Wildman–Crippen LogP) is 1.67. The normalized spacial score (nSPS) is 14.2. The molecule has 1 N–H and O–H groups in total. The molecule has 3 rings (SSSR count). The summed E-state index contributed by atoms with van der Waals surface area (Å²) in [5.74, 6) is 0.866. The Morgan fingerprint density at radius 1 is 1.33 bits per heavy atom. The van der Waals surface area contributed by atoms with Gasteiger partial charge in [0.2, 0.25) is 11.9 Å². The number of amides is 1. The van der Waals surface area contributed by atoms with Crippen molar-refractivity contribution in [2.75, 3.05) is 49.4 Å². The smallest absolute Gasteiger partial charge is 0.311 e. The second kappa shape index (κ2) is 10.7. The average Bonchev–Trinajstić information content (AvgIpc) is 3.33. The second-order valence-electron chi connectivity index (χ2n) is 7.12. The van der Waals surface area contributed by atoms with E-state index in [2.05, 4.69) is 48.5 Å². The van der Waals surface area contributed by atoms with E-state index in [1.807, 2.05) is 0 Å². The molecule has 12 heteroatoms. The molecule has 0 unspecified atom stereocenters. The van der Waals surface area contributed by atoms with Gasteiger partial charge in [-0.15, -0.1) is 21.5 Å². The molecule has 1 saturated heterocycles. The molecule has 2 aromatic rings. The van der Waals surface area contributed by atoms with Crippen molar-refractivity contribution >= 4 is 46.1 Å². The molecule has 10 nitrogen and oxygen atoms in total. The third-order valence-corrected chi connectivity index (χ3v) is 6.00. The lowest BCUT2D eigenvalue weighted by molar-refractivity contribution is -0.139. The van der Waals surface area contributed by atoms with Crippen LogP contribution < -0.4 is 10.2 Å². The topological polar surface area (TPSA) is 111 Å². The zero-order chi connectivity index (χ0) is 21.5. The first-order chi connectivity index (χ1) is 14.5. The molecule has 0 atom stereocenters. The monoisotopic (exact) mass is 454 g/mol. The van der Waals surface area contributed by atoms with Crippen LogP contribution in [0.15, 0.2) is 10.5 Å². The average molecular weight is 455 g/mol. The molecule has 1 aliphatic rings. The maximum atomic E-state index is 12.4. The number of aromatic nitrogens is 4. The number of rotatable bonds is 9. The zero-order valence-electron chi connectivity index (χ0n) is 17.3. The number of anilines is 2. The van der Waals surface area contributed by atoms with E-state index in [-0.39, 0.29) is 24.1 Å². The number of thioether (sulfide) groups is 1. The van der Waals surface area contributed by atoms with Crippen molar-refractivity contribution in [3.63, 3.8) is 0 Å². The van der Waals surface area contributed by atoms with Crippen LogP contribution in [0.4, 0.5) is 11.1 Å². The van der Waals surface area contributed by atoms with Crippen LogP contribution in [0.5, 0.6) is 0 Å². The van der Waals surface area contributed by atoms with Crippen molar-refractivity contribution in [2.24, 2.45) is 5.92 Å². The molecule has 30 heavy (non-hydrogen) atoms. The van der Waals surface area contributed by atoms with E-state index in [1.165, 1.54) is 30.2 Å². The lowest BCUT2D eigenvalue weighted by Gasteiger charge is -2.28. The number of ether oxygens (including phenoxy) is 2. The van der Waals surface area contributed by atoms with E-state index in [0.717, 1.165) is 25.6 Å². The highest BCUT2D eigenvalue weighted by atomic mass is 32.2. The van der Waals surface area contributed by atoms with Gasteiger partial charge in [-0.2, -0.15) is 0 Å². The fourth-order valence-electron chi connectivity index (χ4n) is 2.86. The Hall–Kier alpha value is -2.18. The number of thiazole rings is 1. The number of nitrogens with one attached hydrogen (secondary N) is 1. The molecule has 164 valence electrons. The lowest BCUT2D eigenvalue weighted by atomic mass is 10.2. The summed E-state index contributed by atoms with van der Waals surface area (Å²) in [6.45, 7) is 7.94. The molecule has 0 aliphatic carbocycles. The molecule has 2 aromatic heterocycles. The van der Waals surface area contributed by atoms with E-state index in [1.54, 1.807) is 5.38 Å². The Kier molecular flexibility index (Phi) is 8.05. The Morgan fingerprint density at radius 3 is 2.80 bits per heavy atom. The Labute approximate surface area is 183 Å². The van der Waals surface area contributed by atoms with Crippen LogP contribution in [0.3, 0.4) is 0 Å². The van der Waals surface area contributed by atoms with Crippen molar-refractivity contribution in [3.8, 4) is 0 Å². The van der Waals surface area contributed by atoms with Gasteiger partial charge in [-0.1, -0.05) is 25.6 Å². The minimum absolute atomic E-state index is 0.0836. The van der Waals surface area contributed by atoms with E-state index < -0.39 is 0 Å². The van der Waals surface area contributed by atoms with Gasteiger partial charge in [0, 0.05) is 25.0 Å². The molecule has 1 aliphatic heterocycles. The summed E-state index contributed by atoms with van der Waals surface area (Å²) in [6.07, 6.45) is 0.0836. The Balaban J connectivity index is 1.60. The molecule has 0 spiro atoms. The van der Waals surface area contributed by atoms with Gasteiger partial charge in [0.05, 0.1) is 38.2 Å². The maximum absolute atomic E-state index is 12.4. The summed E-state index contributed by atoms with van der Waals surface area (Å²) in [6, 6.07) is 0. The van der Waals surface area contributed by atoms with E-state index in [0.29, 0.717) is 35.1 Å². The molecule has 3 heterocycles. The van der Waals surface area contributed by atoms with E-state index in [9.17, 15) is 9.59 Å². The number of hydrogen-bond acceptors (Lipinski definition) is 10. The third-order valence-electron chi connectivity index (χ3n) is 4.22. The van der Waals surface area contributed by atoms with Crippen LogP contribution in [0.2, 0.25) is 0 Å². The molecule has 1 amide bonds. The number of esters is 1. The molecular weight excluding hydrogens is 428 g/mol. The Morgan fingerprint density at radius 2 is 2.10 bits per heavy atom. The minimum atomic E-state index is -0.366. The SMILES string of the molecule is COC(=O)Cc1csc(NC(=O)CSc2nnc(N3CCOCC3)n2CC(C)C)n1. The first kappa shape index (κ1) is 22.5. The number of methoxy groups -OCH3 is 1. The zero-order valence-corrected chi connectivity index (χ0v) is 18.9. The Bertz CT molecular complexity index is 863. The summed E-state index contributed by atoms with van der Waals surface area (Å²) in [4.78, 5) is 30.1. The van der Waals surface area contributed by atoms with Gasteiger partial charge >= 0.3 is 5.97 Å². The number of carbonyl (C=O) groups excluding carboxylic acids is 2. The van der Waals surface area contributed by atoms with Gasteiger partial charge in [-0.25, -0.2) is 4.98 Å². The van der Waals surface area contributed by atoms with Gasteiger partial charge in [-0.3, -0.25) is 14.2 Å². The first-order valence-electron chi connectivity index (χ1n) is 9.66. The quantitative estimate of drug-likeness (QED) is 0.447. The molecule has 0 radical (unpaired) electrons. The maximum Gasteiger partial charge on any atom is 0.311 e. The fourth-order valence-corrected chi connectivity index (χ4v) is 4.33. The standard InChI is InChI=1S/C18H26N6O4S2/c1-12(2)9-24-17(23-4-6-28-7-5-23)21-22-18(24)30-11-14(25)20-16-19-13(10-29-16)8-15(26)27-3/h10,12H,4-9,11H2,1-3H3,(H,19,20,25). The van der Waals surface area contributed by atoms with Crippen molar-refractivity contribution in [3.05, 3.63) is 11.1 Å². The molecule has 0 aromatic carbocycles. The summed E-state index contributed by atoms with van der Waals surface area (Å²) >= 11 is 2.62. The summed E-state index contributed by atoms with van der Waals surface area (Å²) in [5, 5.41) is 14.4. The molecule has 1 fully saturated rings. The highest BCUT2D eigenvalue weighted by molar-refractivity contribution is 7.99. The van der Waals surface area contributed by atoms with E-state index >= 15 is 0 Å². The van der Waals surface area contributed by atoms with Crippen LogP contribution in [-0.2, 0) is 32.0 Å².